The molecule has 0 radical (unpaired) electrons. The topological polar surface area (TPSA) is 114 Å². The largest absolute Gasteiger partial charge is 0.467 e. The molecule has 0 aliphatic carbocycles. The van der Waals surface area contributed by atoms with Gasteiger partial charge in [0.15, 0.2) is 5.78 Å². The molecule has 1 aromatic carbocycles. The first kappa shape index (κ1) is 26.9. The molecule has 11 nitrogen and oxygen atoms in total. The Morgan fingerprint density at radius 1 is 0.923 bits per heavy atom. The summed E-state index contributed by atoms with van der Waals surface area (Å²) in [5.74, 6) is 0.277. The molecule has 2 saturated heterocycles. The number of rotatable bonds is 8. The van der Waals surface area contributed by atoms with Crippen molar-refractivity contribution >= 4 is 29.0 Å². The number of carbonyl (C=O) groups is 2. The molecule has 0 N–H and O–H groups in total. The summed E-state index contributed by atoms with van der Waals surface area (Å²) in [5.41, 5.74) is 0.996. The van der Waals surface area contributed by atoms with Crippen LogP contribution >= 0.6 is 11.3 Å². The number of ether oxygens (including phenoxy) is 2. The molecule has 2 fully saturated rings. The molecule has 2 aliphatic heterocycles. The molecule has 5 rings (SSSR count). The monoisotopic (exact) mass is 555 g/mol. The Morgan fingerprint density at radius 2 is 1.56 bits per heavy atom. The number of methoxy groups -OCH3 is 2. The number of Topliss-reactive ketones (excluding diaryl/α,β-unsaturated/α-hetero) is 1. The average molecular weight is 556 g/mol. The van der Waals surface area contributed by atoms with E-state index in [1.807, 2.05) is 10.3 Å². The summed E-state index contributed by atoms with van der Waals surface area (Å²) in [5, 5.41) is 2.81. The molecule has 2 aromatic heterocycles. The Bertz CT molecular complexity index is 1280. The molecule has 2 aliphatic rings. The van der Waals surface area contributed by atoms with Gasteiger partial charge in [-0.1, -0.05) is 0 Å². The van der Waals surface area contributed by atoms with Gasteiger partial charge in [-0.05, 0) is 50.2 Å². The smallest absolute Gasteiger partial charge is 0.324 e. The maximum Gasteiger partial charge on any atom is 0.324 e. The van der Waals surface area contributed by atoms with Crippen molar-refractivity contribution in [2.24, 2.45) is 0 Å². The highest BCUT2D eigenvalue weighted by Gasteiger charge is 2.28. The van der Waals surface area contributed by atoms with Gasteiger partial charge in [-0.15, -0.1) is 16.3 Å². The van der Waals surface area contributed by atoms with E-state index in [2.05, 4.69) is 19.9 Å². The van der Waals surface area contributed by atoms with Gasteiger partial charge in [0.25, 0.3) is 5.91 Å². The number of piperidine rings is 1. The fraction of sp³-hybridized carbons (Fsp3) is 0.462. The van der Waals surface area contributed by atoms with Gasteiger partial charge in [0.05, 0.1) is 25.8 Å². The number of piperazine rings is 1. The zero-order chi connectivity index (χ0) is 27.4. The lowest BCUT2D eigenvalue weighted by Gasteiger charge is -2.34. The summed E-state index contributed by atoms with van der Waals surface area (Å²) in [6, 6.07) is 6.03. The van der Waals surface area contributed by atoms with E-state index in [1.165, 1.54) is 49.8 Å². The van der Waals surface area contributed by atoms with E-state index in [0.29, 0.717) is 49.9 Å². The van der Waals surface area contributed by atoms with Gasteiger partial charge in [-0.3, -0.25) is 14.5 Å². The van der Waals surface area contributed by atoms with Crippen LogP contribution < -0.4 is 14.4 Å². The second-order valence-corrected chi connectivity index (χ2v) is 10.3. The van der Waals surface area contributed by atoms with Crippen molar-refractivity contribution in [2.75, 3.05) is 64.9 Å². The number of hydrogen-bond acceptors (Lipinski definition) is 11. The molecule has 39 heavy (non-hydrogen) atoms. The van der Waals surface area contributed by atoms with Crippen molar-refractivity contribution in [1.29, 1.82) is 0 Å². The van der Waals surface area contributed by atoms with Crippen LogP contribution in [0.3, 0.4) is 0 Å². The third-order valence-electron chi connectivity index (χ3n) is 7.01. The zero-order valence-electron chi connectivity index (χ0n) is 21.9. The second kappa shape index (κ2) is 12.0. The molecular formula is C26H30FN7O4S. The first-order valence-corrected chi connectivity index (χ1v) is 13.7. The van der Waals surface area contributed by atoms with Crippen LogP contribution in [0.5, 0.6) is 12.0 Å². The van der Waals surface area contributed by atoms with Gasteiger partial charge in [0, 0.05) is 43.0 Å². The van der Waals surface area contributed by atoms with Gasteiger partial charge in [0.1, 0.15) is 11.5 Å². The first-order chi connectivity index (χ1) is 18.9. The zero-order valence-corrected chi connectivity index (χ0v) is 22.7. The highest BCUT2D eigenvalue weighted by atomic mass is 32.1. The summed E-state index contributed by atoms with van der Waals surface area (Å²) in [6.45, 7) is 4.02. The Labute approximate surface area is 229 Å². The van der Waals surface area contributed by atoms with Gasteiger partial charge in [-0.25, -0.2) is 9.37 Å². The van der Waals surface area contributed by atoms with Gasteiger partial charge < -0.3 is 19.3 Å². The van der Waals surface area contributed by atoms with Crippen LogP contribution in [-0.4, -0.2) is 101 Å². The van der Waals surface area contributed by atoms with Crippen LogP contribution in [0.2, 0.25) is 0 Å². The molecular weight excluding hydrogens is 525 g/mol. The quantitative estimate of drug-likeness (QED) is 0.384. The van der Waals surface area contributed by atoms with Gasteiger partial charge in [0.2, 0.25) is 5.95 Å². The van der Waals surface area contributed by atoms with Crippen molar-refractivity contribution in [3.63, 3.8) is 0 Å². The molecule has 0 unspecified atom stereocenters. The van der Waals surface area contributed by atoms with Crippen LogP contribution in [0.4, 0.5) is 10.3 Å². The maximum atomic E-state index is 13.2. The Balaban J connectivity index is 1.12. The number of nitrogens with zero attached hydrogens (tertiary/aromatic N) is 7. The molecule has 0 bridgehead atoms. The standard InChI is InChI=1S/C26H30FN7O4S/c1-37-25-29-24(30-26(31-25)38-2)34-13-11-33(12-14-34)23(36)20-16-39-22(28-20)18-7-9-32(10-8-18)15-21(35)17-3-5-19(27)6-4-17/h3-6,16,18H,7-15H2,1-2H3. The number of benzene rings is 1. The number of ketones is 1. The Morgan fingerprint density at radius 3 is 2.18 bits per heavy atom. The van der Waals surface area contributed by atoms with Gasteiger partial charge in [-0.2, -0.15) is 9.97 Å². The van der Waals surface area contributed by atoms with Crippen LogP contribution in [0.25, 0.3) is 0 Å². The van der Waals surface area contributed by atoms with E-state index in [-0.39, 0.29) is 35.4 Å². The van der Waals surface area contributed by atoms with E-state index in [4.69, 9.17) is 14.5 Å². The molecule has 0 spiro atoms. The third-order valence-corrected chi connectivity index (χ3v) is 8.02. The maximum absolute atomic E-state index is 13.2. The number of anilines is 1. The first-order valence-electron chi connectivity index (χ1n) is 12.8. The van der Waals surface area contributed by atoms with Crippen LogP contribution in [-0.2, 0) is 0 Å². The number of hydrogen-bond donors (Lipinski definition) is 0. The minimum absolute atomic E-state index is 0.00977. The highest BCUT2D eigenvalue weighted by molar-refractivity contribution is 7.09. The summed E-state index contributed by atoms with van der Waals surface area (Å²) >= 11 is 1.52. The summed E-state index contributed by atoms with van der Waals surface area (Å²) < 4.78 is 23.4. The molecule has 206 valence electrons. The Hall–Kier alpha value is -3.71. The SMILES string of the molecule is COc1nc(OC)nc(N2CCN(C(=O)c3csc(C4CCN(CC(=O)c5ccc(F)cc5)CC4)n3)CC2)n1. The molecule has 3 aromatic rings. The highest BCUT2D eigenvalue weighted by Crippen LogP contribution is 2.31. The molecule has 1 amide bonds. The third kappa shape index (κ3) is 6.31. The second-order valence-electron chi connectivity index (χ2n) is 9.44. The lowest BCUT2D eigenvalue weighted by Crippen LogP contribution is -2.49. The molecule has 4 heterocycles. The number of likely N-dealkylation sites (tertiary alicyclic amines) is 1. The van der Waals surface area contributed by atoms with Crippen LogP contribution in [0.1, 0.15) is 44.6 Å². The summed E-state index contributed by atoms with van der Waals surface area (Å²) in [7, 11) is 2.97. The van der Waals surface area contributed by atoms with Gasteiger partial charge >= 0.3 is 12.0 Å². The average Bonchev–Trinajstić information content (AvgIpc) is 3.47. The fourth-order valence-electron chi connectivity index (χ4n) is 4.76. The summed E-state index contributed by atoms with van der Waals surface area (Å²) in [6.07, 6.45) is 1.74. The van der Waals surface area contributed by atoms with E-state index in [9.17, 15) is 14.0 Å². The number of aromatic nitrogens is 4. The van der Waals surface area contributed by atoms with E-state index < -0.39 is 0 Å². The fourth-order valence-corrected chi connectivity index (χ4v) is 5.73. The number of thiazole rings is 1. The lowest BCUT2D eigenvalue weighted by atomic mass is 9.97. The molecule has 0 saturated carbocycles. The van der Waals surface area contributed by atoms with E-state index in [1.54, 1.807) is 4.90 Å². The van der Waals surface area contributed by atoms with Crippen molar-refractivity contribution in [3.8, 4) is 12.0 Å². The van der Waals surface area contributed by atoms with Crippen molar-refractivity contribution < 1.29 is 23.5 Å². The van der Waals surface area contributed by atoms with Crippen molar-refractivity contribution in [3.05, 3.63) is 51.7 Å². The normalized spacial score (nSPS) is 16.8. The predicted octanol–water partition coefficient (Wildman–Crippen LogP) is 2.51. The van der Waals surface area contributed by atoms with E-state index in [0.717, 1.165) is 30.9 Å². The number of amides is 1. The Kier molecular flexibility index (Phi) is 8.27. The van der Waals surface area contributed by atoms with E-state index >= 15 is 0 Å². The molecule has 13 heteroatoms. The summed E-state index contributed by atoms with van der Waals surface area (Å²) in [4.78, 5) is 48.9. The van der Waals surface area contributed by atoms with Crippen molar-refractivity contribution in [2.45, 2.75) is 18.8 Å². The number of carbonyl (C=O) groups excluding carboxylic acids is 2. The minimum atomic E-state index is -0.349. The number of halogens is 1. The lowest BCUT2D eigenvalue weighted by molar-refractivity contribution is 0.0740. The predicted molar refractivity (Wildman–Crippen MR) is 142 cm³/mol. The minimum Gasteiger partial charge on any atom is -0.467 e. The van der Waals surface area contributed by atoms with Crippen molar-refractivity contribution in [1.82, 2.24) is 29.7 Å². The van der Waals surface area contributed by atoms with Crippen LogP contribution in [0.15, 0.2) is 29.6 Å². The van der Waals surface area contributed by atoms with Crippen LogP contribution in [0, 0.1) is 5.82 Å². The molecule has 0 atom stereocenters.